The predicted octanol–water partition coefficient (Wildman–Crippen LogP) is 3.42. The van der Waals surface area contributed by atoms with Gasteiger partial charge >= 0.3 is 12.1 Å². The topological polar surface area (TPSA) is 115 Å². The van der Waals surface area contributed by atoms with Crippen LogP contribution >= 0.6 is 0 Å². The van der Waals surface area contributed by atoms with E-state index < -0.39 is 18.1 Å². The van der Waals surface area contributed by atoms with Crippen molar-refractivity contribution in [3.8, 4) is 11.1 Å². The minimum atomic E-state index is -0.980. The number of carbonyl (C=O) groups excluding carboxylic acids is 1. The summed E-state index contributed by atoms with van der Waals surface area (Å²) in [6.45, 7) is 7.99. The molecule has 1 aliphatic carbocycles. The monoisotopic (exact) mass is 514 g/mol. The van der Waals surface area contributed by atoms with Crippen LogP contribution in [-0.4, -0.2) is 81.5 Å². The largest absolute Gasteiger partial charge is 0.480 e. The second-order valence-electron chi connectivity index (χ2n) is 9.84. The van der Waals surface area contributed by atoms with E-state index in [0.717, 1.165) is 22.3 Å². The van der Waals surface area contributed by atoms with Crippen LogP contribution in [0, 0.1) is 0 Å². The summed E-state index contributed by atoms with van der Waals surface area (Å²) in [6.07, 6.45) is -0.580. The van der Waals surface area contributed by atoms with E-state index in [1.165, 1.54) is 0 Å². The molecular weight excluding hydrogens is 476 g/mol. The van der Waals surface area contributed by atoms with E-state index in [0.29, 0.717) is 26.4 Å². The van der Waals surface area contributed by atoms with Crippen LogP contribution in [0.2, 0.25) is 0 Å². The van der Waals surface area contributed by atoms with Crippen molar-refractivity contribution in [2.75, 3.05) is 52.7 Å². The van der Waals surface area contributed by atoms with Crippen LogP contribution in [0.4, 0.5) is 4.79 Å². The first-order valence-corrected chi connectivity index (χ1v) is 12.6. The summed E-state index contributed by atoms with van der Waals surface area (Å²) in [5, 5.41) is 14.5. The third-order valence-corrected chi connectivity index (χ3v) is 5.79. The summed E-state index contributed by atoms with van der Waals surface area (Å²) in [7, 11) is 0. The smallest absolute Gasteiger partial charge is 0.407 e. The van der Waals surface area contributed by atoms with Gasteiger partial charge in [0.05, 0.1) is 51.2 Å². The molecule has 0 bridgehead atoms. The average Bonchev–Trinajstić information content (AvgIpc) is 3.17. The number of hydrogen-bond acceptors (Lipinski definition) is 7. The molecule has 0 aromatic heterocycles. The van der Waals surface area contributed by atoms with Crippen LogP contribution in [0.1, 0.15) is 37.8 Å². The third kappa shape index (κ3) is 9.44. The summed E-state index contributed by atoms with van der Waals surface area (Å²) in [6, 6.07) is 15.8. The minimum Gasteiger partial charge on any atom is -0.480 e. The molecule has 0 saturated heterocycles. The van der Waals surface area contributed by atoms with E-state index in [1.807, 2.05) is 45.0 Å². The van der Waals surface area contributed by atoms with Crippen LogP contribution in [0.5, 0.6) is 0 Å². The molecule has 3 N–H and O–H groups in total. The zero-order valence-corrected chi connectivity index (χ0v) is 21.8. The lowest BCUT2D eigenvalue weighted by Gasteiger charge is -2.21. The van der Waals surface area contributed by atoms with Crippen molar-refractivity contribution in [3.05, 3.63) is 59.7 Å². The van der Waals surface area contributed by atoms with Crippen molar-refractivity contribution in [1.82, 2.24) is 10.6 Å². The summed E-state index contributed by atoms with van der Waals surface area (Å²) >= 11 is 0. The molecule has 0 spiro atoms. The molecule has 9 nitrogen and oxygen atoms in total. The number of nitrogens with one attached hydrogen (secondary N) is 2. The molecule has 1 atom stereocenters. The number of alkyl carbamates (subject to hydrolysis) is 1. The second-order valence-corrected chi connectivity index (χ2v) is 9.84. The normalized spacial score (nSPS) is 13.6. The number of benzene rings is 2. The first-order valence-electron chi connectivity index (χ1n) is 12.6. The van der Waals surface area contributed by atoms with Crippen molar-refractivity contribution in [1.29, 1.82) is 0 Å². The number of rotatable bonds is 15. The number of carboxylic acid groups (broad SMARTS) is 1. The van der Waals surface area contributed by atoms with E-state index >= 15 is 0 Å². The SMILES string of the molecule is CC(C)(C)OCCOCCOC[C@H](CNCC(=O)O)NC(=O)OCC1c2ccccc2-c2ccccc21. The summed E-state index contributed by atoms with van der Waals surface area (Å²) in [5.41, 5.74) is 4.37. The molecular formula is C28H38N2O7. The quantitative estimate of drug-likeness (QED) is 0.310. The first-order chi connectivity index (χ1) is 17.7. The summed E-state index contributed by atoms with van der Waals surface area (Å²) in [4.78, 5) is 23.5. The Bertz CT molecular complexity index is 976. The van der Waals surface area contributed by atoms with Gasteiger partial charge in [-0.25, -0.2) is 4.79 Å². The fraction of sp³-hybridized carbons (Fsp3) is 0.500. The van der Waals surface area contributed by atoms with E-state index in [9.17, 15) is 9.59 Å². The maximum absolute atomic E-state index is 12.6. The Morgan fingerprint density at radius 3 is 2.14 bits per heavy atom. The van der Waals surface area contributed by atoms with Crippen molar-refractivity contribution in [2.45, 2.75) is 38.3 Å². The van der Waals surface area contributed by atoms with Gasteiger partial charge in [-0.1, -0.05) is 48.5 Å². The highest BCUT2D eigenvalue weighted by Crippen LogP contribution is 2.44. The minimum absolute atomic E-state index is 0.0441. The fourth-order valence-corrected chi connectivity index (χ4v) is 4.16. The van der Waals surface area contributed by atoms with E-state index in [-0.39, 0.29) is 37.8 Å². The highest BCUT2D eigenvalue weighted by Gasteiger charge is 2.29. The molecule has 0 radical (unpaired) electrons. The van der Waals surface area contributed by atoms with Crippen LogP contribution in [0.25, 0.3) is 11.1 Å². The molecule has 9 heteroatoms. The lowest BCUT2D eigenvalue weighted by atomic mass is 9.98. The van der Waals surface area contributed by atoms with Crippen LogP contribution in [0.3, 0.4) is 0 Å². The van der Waals surface area contributed by atoms with E-state index in [2.05, 4.69) is 34.9 Å². The molecule has 1 aliphatic rings. The molecule has 202 valence electrons. The molecule has 0 saturated carbocycles. The van der Waals surface area contributed by atoms with Gasteiger partial charge in [-0.15, -0.1) is 0 Å². The molecule has 0 fully saturated rings. The molecule has 37 heavy (non-hydrogen) atoms. The van der Waals surface area contributed by atoms with Crippen molar-refractivity contribution in [2.24, 2.45) is 0 Å². The number of ether oxygens (including phenoxy) is 4. The fourth-order valence-electron chi connectivity index (χ4n) is 4.16. The van der Waals surface area contributed by atoms with E-state index in [1.54, 1.807) is 0 Å². The van der Waals surface area contributed by atoms with E-state index in [4.69, 9.17) is 24.1 Å². The van der Waals surface area contributed by atoms with Crippen LogP contribution in [0.15, 0.2) is 48.5 Å². The number of hydrogen-bond donors (Lipinski definition) is 3. The Hall–Kier alpha value is -2.98. The molecule has 0 unspecified atom stereocenters. The predicted molar refractivity (Wildman–Crippen MR) is 140 cm³/mol. The zero-order chi connectivity index (χ0) is 26.7. The van der Waals surface area contributed by atoms with Gasteiger partial charge in [0, 0.05) is 12.5 Å². The third-order valence-electron chi connectivity index (χ3n) is 5.79. The van der Waals surface area contributed by atoms with Crippen molar-refractivity contribution in [3.63, 3.8) is 0 Å². The maximum atomic E-state index is 12.6. The lowest BCUT2D eigenvalue weighted by Crippen LogP contribution is -2.46. The number of carbonyl (C=O) groups is 2. The molecule has 0 heterocycles. The van der Waals surface area contributed by atoms with Crippen molar-refractivity contribution >= 4 is 12.1 Å². The van der Waals surface area contributed by atoms with Crippen molar-refractivity contribution < 1.29 is 33.6 Å². The van der Waals surface area contributed by atoms with Gasteiger partial charge in [0.1, 0.15) is 6.61 Å². The van der Waals surface area contributed by atoms with Gasteiger partial charge in [-0.2, -0.15) is 0 Å². The molecule has 2 aromatic carbocycles. The standard InChI is InChI=1S/C28H38N2O7/c1-28(2,3)37-15-14-34-12-13-35-18-20(16-29-17-26(31)32)30-27(33)36-19-25-23-10-6-4-8-21(23)22-9-5-7-11-24(22)25/h4-11,20,25,29H,12-19H2,1-3H3,(H,30,33)(H,31,32)/t20-/m0/s1. The summed E-state index contributed by atoms with van der Waals surface area (Å²) < 4.78 is 22.4. The van der Waals surface area contributed by atoms with Gasteiger partial charge in [0.15, 0.2) is 0 Å². The second kappa shape index (κ2) is 14.1. The number of carboxylic acids is 1. The highest BCUT2D eigenvalue weighted by molar-refractivity contribution is 5.79. The Labute approximate surface area is 218 Å². The molecule has 3 rings (SSSR count). The molecule has 1 amide bonds. The first kappa shape index (κ1) is 28.6. The highest BCUT2D eigenvalue weighted by atomic mass is 16.6. The van der Waals surface area contributed by atoms with Gasteiger partial charge in [-0.3, -0.25) is 4.79 Å². The van der Waals surface area contributed by atoms with Gasteiger partial charge in [0.2, 0.25) is 0 Å². The Balaban J connectivity index is 1.45. The number of aliphatic carboxylic acids is 1. The van der Waals surface area contributed by atoms with Crippen LogP contribution < -0.4 is 10.6 Å². The van der Waals surface area contributed by atoms with Gasteiger partial charge < -0.3 is 34.7 Å². The zero-order valence-electron chi connectivity index (χ0n) is 21.8. The number of fused-ring (bicyclic) bond motifs is 3. The number of amides is 1. The Morgan fingerprint density at radius 2 is 1.51 bits per heavy atom. The van der Waals surface area contributed by atoms with Crippen LogP contribution in [-0.2, 0) is 23.7 Å². The maximum Gasteiger partial charge on any atom is 0.407 e. The van der Waals surface area contributed by atoms with Gasteiger partial charge in [-0.05, 0) is 43.0 Å². The Kier molecular flexibility index (Phi) is 10.9. The molecule has 0 aliphatic heterocycles. The summed E-state index contributed by atoms with van der Waals surface area (Å²) in [5.74, 6) is -1.02. The average molecular weight is 515 g/mol. The molecule has 2 aromatic rings. The van der Waals surface area contributed by atoms with Gasteiger partial charge in [0.25, 0.3) is 0 Å². The Morgan fingerprint density at radius 1 is 0.919 bits per heavy atom. The lowest BCUT2D eigenvalue weighted by molar-refractivity contribution is -0.136.